The second-order valence-corrected chi connectivity index (χ2v) is 4.11. The fourth-order valence-electron chi connectivity index (χ4n) is 1.37. The number of hydrogen-bond donors (Lipinski definition) is 0. The first-order chi connectivity index (χ1) is 9.19. The van der Waals surface area contributed by atoms with Crippen molar-refractivity contribution in [1.82, 2.24) is 0 Å². The fraction of sp³-hybridized carbons (Fsp3) is 0.0714. The average Bonchev–Trinajstić information content (AvgIpc) is 2.61. The monoisotopic (exact) mass is 274 g/mol. The van der Waals surface area contributed by atoms with E-state index in [0.29, 0.717) is 11.4 Å². The Morgan fingerprint density at radius 1 is 0.895 bits per heavy atom. The van der Waals surface area contributed by atoms with E-state index in [9.17, 15) is 4.79 Å². The summed E-state index contributed by atoms with van der Waals surface area (Å²) in [6, 6.07) is 13.3. The van der Waals surface area contributed by atoms with E-state index in [-0.39, 0.29) is 10.5 Å². The van der Waals surface area contributed by atoms with Gasteiger partial charge in [-0.3, -0.25) is 4.79 Å². The molecule has 4 nitrogen and oxygen atoms in total. The van der Waals surface area contributed by atoms with Gasteiger partial charge in [-0.2, -0.15) is 10.2 Å². The van der Waals surface area contributed by atoms with Crippen LogP contribution in [0.2, 0.25) is 5.02 Å². The maximum Gasteiger partial charge on any atom is 0.197 e. The highest BCUT2D eigenvalue weighted by atomic mass is 35.5. The largest absolute Gasteiger partial charge is 0.497 e. The van der Waals surface area contributed by atoms with E-state index in [0.717, 1.165) is 5.75 Å². The minimum atomic E-state index is -0.243. The van der Waals surface area contributed by atoms with Gasteiger partial charge in [0.2, 0.25) is 0 Å². The molecule has 96 valence electrons. The van der Waals surface area contributed by atoms with E-state index >= 15 is 0 Å². The molecule has 0 heterocycles. The van der Waals surface area contributed by atoms with Crippen molar-refractivity contribution in [2.45, 2.75) is 0 Å². The fourth-order valence-corrected chi connectivity index (χ4v) is 1.49. The molecule has 19 heavy (non-hydrogen) atoms. The first-order valence-electron chi connectivity index (χ1n) is 5.55. The summed E-state index contributed by atoms with van der Waals surface area (Å²) in [6.07, 6.45) is 0. The van der Waals surface area contributed by atoms with Gasteiger partial charge in [0.15, 0.2) is 5.43 Å². The molecule has 0 fully saturated rings. The Hall–Kier alpha value is -2.20. The molecule has 0 bridgehead atoms. The lowest BCUT2D eigenvalue weighted by atomic mass is 10.3. The lowest BCUT2D eigenvalue weighted by Crippen LogP contribution is -1.92. The second kappa shape index (κ2) is 6.11. The maximum atomic E-state index is 11.3. The SMILES string of the molecule is COc1ccc(N=Nc2ccc(Cl)c(=O)cc2)cc1. The summed E-state index contributed by atoms with van der Waals surface area (Å²) in [4.78, 5) is 11.3. The van der Waals surface area contributed by atoms with Gasteiger partial charge in [0.25, 0.3) is 0 Å². The highest BCUT2D eigenvalue weighted by Gasteiger charge is 1.94. The topological polar surface area (TPSA) is 51.0 Å². The van der Waals surface area contributed by atoms with Crippen molar-refractivity contribution >= 4 is 23.0 Å². The molecule has 0 saturated carbocycles. The molecular weight excluding hydrogens is 264 g/mol. The van der Waals surface area contributed by atoms with Crippen LogP contribution in [0.5, 0.6) is 5.75 Å². The smallest absolute Gasteiger partial charge is 0.197 e. The van der Waals surface area contributed by atoms with Crippen molar-refractivity contribution in [3.63, 3.8) is 0 Å². The molecule has 0 aliphatic carbocycles. The Bertz CT molecular complexity index is 654. The third-order valence-electron chi connectivity index (χ3n) is 2.39. The third-order valence-corrected chi connectivity index (χ3v) is 2.71. The Labute approximate surface area is 115 Å². The molecule has 5 heteroatoms. The molecule has 2 rings (SSSR count). The van der Waals surface area contributed by atoms with Crippen LogP contribution in [0, 0.1) is 0 Å². The van der Waals surface area contributed by atoms with Crippen molar-refractivity contribution in [3.8, 4) is 5.75 Å². The summed E-state index contributed by atoms with van der Waals surface area (Å²) < 4.78 is 5.05. The summed E-state index contributed by atoms with van der Waals surface area (Å²) in [5.74, 6) is 0.757. The van der Waals surface area contributed by atoms with Gasteiger partial charge in [-0.15, -0.1) is 0 Å². The number of benzene rings is 1. The van der Waals surface area contributed by atoms with Crippen LogP contribution in [-0.4, -0.2) is 7.11 Å². The Balaban J connectivity index is 2.22. The van der Waals surface area contributed by atoms with Gasteiger partial charge in [-0.25, -0.2) is 0 Å². The number of rotatable bonds is 3. The zero-order valence-electron chi connectivity index (χ0n) is 10.2. The van der Waals surface area contributed by atoms with E-state index in [1.807, 2.05) is 0 Å². The Morgan fingerprint density at radius 2 is 1.42 bits per heavy atom. The van der Waals surface area contributed by atoms with Gasteiger partial charge in [0.1, 0.15) is 5.75 Å². The second-order valence-electron chi connectivity index (χ2n) is 3.70. The van der Waals surface area contributed by atoms with E-state index in [2.05, 4.69) is 10.2 Å². The first-order valence-corrected chi connectivity index (χ1v) is 5.92. The van der Waals surface area contributed by atoms with E-state index in [1.165, 1.54) is 12.1 Å². The van der Waals surface area contributed by atoms with Crippen molar-refractivity contribution in [2.75, 3.05) is 7.11 Å². The number of ether oxygens (including phenoxy) is 1. The van der Waals surface area contributed by atoms with Crippen LogP contribution >= 0.6 is 11.6 Å². The summed E-state index contributed by atoms with van der Waals surface area (Å²) >= 11 is 5.72. The zero-order valence-corrected chi connectivity index (χ0v) is 11.0. The molecule has 2 aromatic carbocycles. The number of methoxy groups -OCH3 is 1. The molecule has 0 spiro atoms. The van der Waals surface area contributed by atoms with E-state index < -0.39 is 0 Å². The average molecular weight is 275 g/mol. The van der Waals surface area contributed by atoms with Crippen LogP contribution in [0.25, 0.3) is 0 Å². The van der Waals surface area contributed by atoms with Crippen molar-refractivity contribution < 1.29 is 4.74 Å². The van der Waals surface area contributed by atoms with Gasteiger partial charge >= 0.3 is 0 Å². The Kier molecular flexibility index (Phi) is 4.26. The molecule has 0 aliphatic rings. The lowest BCUT2D eigenvalue weighted by Gasteiger charge is -1.97. The van der Waals surface area contributed by atoms with Crippen molar-refractivity contribution in [3.05, 3.63) is 63.8 Å². The lowest BCUT2D eigenvalue weighted by molar-refractivity contribution is 0.415. The van der Waals surface area contributed by atoms with Crippen LogP contribution < -0.4 is 10.2 Å². The van der Waals surface area contributed by atoms with Crippen molar-refractivity contribution in [1.29, 1.82) is 0 Å². The number of nitrogens with zero attached hydrogens (tertiary/aromatic N) is 2. The maximum absolute atomic E-state index is 11.3. The quantitative estimate of drug-likeness (QED) is 0.790. The standard InChI is InChI=1S/C14H11ClN2O2/c1-19-12-6-2-10(3-7-12)16-17-11-4-8-13(15)14(18)9-5-11/h2-9H,1H3. The van der Waals surface area contributed by atoms with Gasteiger partial charge < -0.3 is 4.74 Å². The number of halogens is 1. The minimum absolute atomic E-state index is 0.158. The van der Waals surface area contributed by atoms with Crippen LogP contribution in [0.4, 0.5) is 11.4 Å². The van der Waals surface area contributed by atoms with Gasteiger partial charge in [0.05, 0.1) is 23.5 Å². The summed E-state index contributed by atoms with van der Waals surface area (Å²) in [5.41, 5.74) is 1.01. The highest BCUT2D eigenvalue weighted by molar-refractivity contribution is 6.30. The van der Waals surface area contributed by atoms with E-state index in [4.69, 9.17) is 16.3 Å². The third kappa shape index (κ3) is 3.63. The predicted octanol–water partition coefficient (Wildman–Crippen LogP) is 4.12. The molecule has 0 amide bonds. The molecule has 0 atom stereocenters. The van der Waals surface area contributed by atoms with Crippen LogP contribution in [0.3, 0.4) is 0 Å². The molecular formula is C14H11ClN2O2. The van der Waals surface area contributed by atoms with Crippen LogP contribution in [-0.2, 0) is 0 Å². The number of hydrogen-bond acceptors (Lipinski definition) is 4. The molecule has 0 saturated heterocycles. The minimum Gasteiger partial charge on any atom is -0.497 e. The van der Waals surface area contributed by atoms with E-state index in [1.54, 1.807) is 43.5 Å². The first kappa shape index (κ1) is 13.2. The summed E-state index contributed by atoms with van der Waals surface area (Å²) in [6.45, 7) is 0. The molecule has 0 N–H and O–H groups in total. The van der Waals surface area contributed by atoms with Crippen LogP contribution in [0.1, 0.15) is 0 Å². The number of azo groups is 1. The predicted molar refractivity (Wildman–Crippen MR) is 74.9 cm³/mol. The summed E-state index contributed by atoms with van der Waals surface area (Å²) in [7, 11) is 1.60. The molecule has 0 unspecified atom stereocenters. The van der Waals surface area contributed by atoms with Gasteiger partial charge in [-0.1, -0.05) is 11.6 Å². The van der Waals surface area contributed by atoms with Gasteiger partial charge in [0, 0.05) is 0 Å². The summed E-state index contributed by atoms with van der Waals surface area (Å²) in [5, 5.41) is 8.26. The normalized spacial score (nSPS) is 10.6. The highest BCUT2D eigenvalue weighted by Crippen LogP contribution is 2.20. The molecule has 0 aliphatic heterocycles. The van der Waals surface area contributed by atoms with Crippen LogP contribution in [0.15, 0.2) is 63.6 Å². The van der Waals surface area contributed by atoms with Crippen molar-refractivity contribution in [2.24, 2.45) is 10.2 Å². The Morgan fingerprint density at radius 3 is 2.00 bits per heavy atom. The zero-order chi connectivity index (χ0) is 13.7. The van der Waals surface area contributed by atoms with Gasteiger partial charge in [-0.05, 0) is 48.5 Å². The molecule has 2 aromatic rings. The molecule has 0 aromatic heterocycles. The molecule has 0 radical (unpaired) electrons.